The highest BCUT2D eigenvalue weighted by Crippen LogP contribution is 2.47. The molecule has 3 rings (SSSR count). The van der Waals surface area contributed by atoms with Crippen molar-refractivity contribution in [1.29, 1.82) is 0 Å². The van der Waals surface area contributed by atoms with Crippen LogP contribution in [0.3, 0.4) is 0 Å². The Morgan fingerprint density at radius 3 is 2.74 bits per heavy atom. The minimum Gasteiger partial charge on any atom is -0.357 e. The second-order valence-electron chi connectivity index (χ2n) is 7.03. The van der Waals surface area contributed by atoms with Crippen LogP contribution in [0.4, 0.5) is 0 Å². The summed E-state index contributed by atoms with van der Waals surface area (Å²) in [5.41, 5.74) is 1.71. The largest absolute Gasteiger partial charge is 0.357 e. The number of hydrogen-bond acceptors (Lipinski definition) is 3. The number of aromatic nitrogens is 1. The minimum atomic E-state index is 0. The first-order valence-electron chi connectivity index (χ1n) is 8.59. The van der Waals surface area contributed by atoms with Gasteiger partial charge in [0.15, 0.2) is 5.96 Å². The van der Waals surface area contributed by atoms with Crippen LogP contribution >= 0.6 is 35.3 Å². The summed E-state index contributed by atoms with van der Waals surface area (Å²) in [7, 11) is 0. The quantitative estimate of drug-likeness (QED) is 0.426. The van der Waals surface area contributed by atoms with Crippen molar-refractivity contribution >= 4 is 41.3 Å². The smallest absolute Gasteiger partial charge is 0.194 e. The molecule has 1 saturated heterocycles. The molecule has 2 heterocycles. The molecule has 0 aromatic carbocycles. The Hall–Kier alpha value is -0.370. The molecule has 1 aromatic rings. The molecule has 23 heavy (non-hydrogen) atoms. The van der Waals surface area contributed by atoms with Crippen LogP contribution in [0.5, 0.6) is 0 Å². The van der Waals surface area contributed by atoms with Crippen molar-refractivity contribution in [3.63, 3.8) is 0 Å². The van der Waals surface area contributed by atoms with Gasteiger partial charge in [0.25, 0.3) is 0 Å². The van der Waals surface area contributed by atoms with E-state index in [0.29, 0.717) is 17.9 Å². The Morgan fingerprint density at radius 1 is 1.43 bits per heavy atom. The molecular formula is C17H29IN4S. The number of thiazole rings is 1. The van der Waals surface area contributed by atoms with Crippen LogP contribution in [0, 0.1) is 5.41 Å². The lowest BCUT2D eigenvalue weighted by molar-refractivity contribution is 0.151. The molecule has 1 N–H and O–H groups in total. The molecule has 4 nitrogen and oxygen atoms in total. The second-order valence-corrected chi connectivity index (χ2v) is 7.92. The maximum atomic E-state index is 4.84. The number of likely N-dealkylation sites (tertiary alicyclic amines) is 1. The number of guanidine groups is 1. The summed E-state index contributed by atoms with van der Waals surface area (Å²) in [6.07, 6.45) is 5.57. The first-order chi connectivity index (χ1) is 10.6. The van der Waals surface area contributed by atoms with Crippen molar-refractivity contribution in [3.8, 4) is 0 Å². The maximum Gasteiger partial charge on any atom is 0.194 e. The Morgan fingerprint density at radius 2 is 2.22 bits per heavy atom. The highest BCUT2D eigenvalue weighted by Gasteiger charge is 2.43. The van der Waals surface area contributed by atoms with E-state index in [1.807, 2.05) is 0 Å². The summed E-state index contributed by atoms with van der Waals surface area (Å²) in [6.45, 7) is 10.5. The summed E-state index contributed by atoms with van der Waals surface area (Å²) in [5.74, 6) is 1.58. The van der Waals surface area contributed by atoms with Gasteiger partial charge in [-0.25, -0.2) is 9.98 Å². The van der Waals surface area contributed by atoms with Gasteiger partial charge in [-0.05, 0) is 31.6 Å². The van der Waals surface area contributed by atoms with E-state index in [1.165, 1.54) is 37.2 Å². The molecule has 1 aliphatic carbocycles. The summed E-state index contributed by atoms with van der Waals surface area (Å²) in [5, 5.41) is 6.83. The molecule has 2 fully saturated rings. The molecular weight excluding hydrogens is 419 g/mol. The van der Waals surface area contributed by atoms with Crippen molar-refractivity contribution in [3.05, 3.63) is 16.1 Å². The monoisotopic (exact) mass is 448 g/mol. The molecule has 1 saturated carbocycles. The third kappa shape index (κ3) is 4.38. The van der Waals surface area contributed by atoms with E-state index in [0.717, 1.165) is 24.7 Å². The fourth-order valence-electron chi connectivity index (χ4n) is 3.44. The second kappa shape index (κ2) is 8.14. The first-order valence-corrected chi connectivity index (χ1v) is 9.47. The summed E-state index contributed by atoms with van der Waals surface area (Å²) in [4.78, 5) is 12.0. The predicted molar refractivity (Wildman–Crippen MR) is 109 cm³/mol. The fourth-order valence-corrected chi connectivity index (χ4v) is 4.27. The van der Waals surface area contributed by atoms with Crippen molar-refractivity contribution in [2.24, 2.45) is 10.4 Å². The van der Waals surface area contributed by atoms with Gasteiger partial charge in [-0.15, -0.1) is 35.3 Å². The summed E-state index contributed by atoms with van der Waals surface area (Å²) >= 11 is 1.75. The van der Waals surface area contributed by atoms with E-state index in [-0.39, 0.29) is 24.0 Å². The zero-order valence-electron chi connectivity index (χ0n) is 14.5. The van der Waals surface area contributed by atoms with Gasteiger partial charge in [0, 0.05) is 30.9 Å². The SMILES string of the molecule is CCNC(=NCc1csc(C(C)C)n1)N1CCC2(CCC2)C1.I. The molecule has 1 aliphatic heterocycles. The molecule has 0 bridgehead atoms. The van der Waals surface area contributed by atoms with E-state index in [9.17, 15) is 0 Å². The normalized spacial score (nSPS) is 19.8. The van der Waals surface area contributed by atoms with Crippen LogP contribution in [0.2, 0.25) is 0 Å². The lowest BCUT2D eigenvalue weighted by Crippen LogP contribution is -2.42. The van der Waals surface area contributed by atoms with Crippen molar-refractivity contribution < 1.29 is 0 Å². The van der Waals surface area contributed by atoms with Crippen molar-refractivity contribution in [2.75, 3.05) is 19.6 Å². The van der Waals surface area contributed by atoms with Gasteiger partial charge in [-0.1, -0.05) is 20.3 Å². The highest BCUT2D eigenvalue weighted by atomic mass is 127. The van der Waals surface area contributed by atoms with Gasteiger partial charge >= 0.3 is 0 Å². The Bertz CT molecular complexity index is 536. The summed E-state index contributed by atoms with van der Waals surface area (Å²) in [6, 6.07) is 0. The van der Waals surface area contributed by atoms with E-state index >= 15 is 0 Å². The van der Waals surface area contributed by atoms with Gasteiger partial charge in [0.1, 0.15) is 0 Å². The van der Waals surface area contributed by atoms with E-state index in [2.05, 4.69) is 41.4 Å². The van der Waals surface area contributed by atoms with Gasteiger partial charge in [0.05, 0.1) is 17.2 Å². The molecule has 0 radical (unpaired) electrons. The number of nitrogens with zero attached hydrogens (tertiary/aromatic N) is 3. The molecule has 0 atom stereocenters. The molecule has 0 amide bonds. The summed E-state index contributed by atoms with van der Waals surface area (Å²) < 4.78 is 0. The predicted octanol–water partition coefficient (Wildman–Crippen LogP) is 4.23. The maximum absolute atomic E-state index is 4.84. The average Bonchev–Trinajstić information content (AvgIpc) is 3.09. The lowest BCUT2D eigenvalue weighted by atomic mass is 9.68. The average molecular weight is 448 g/mol. The Labute approximate surface area is 161 Å². The van der Waals surface area contributed by atoms with Crippen molar-refractivity contribution in [2.45, 2.75) is 58.9 Å². The van der Waals surface area contributed by atoms with E-state index < -0.39 is 0 Å². The molecule has 130 valence electrons. The van der Waals surface area contributed by atoms with Gasteiger partial charge in [-0.3, -0.25) is 0 Å². The van der Waals surface area contributed by atoms with Gasteiger partial charge in [-0.2, -0.15) is 0 Å². The number of halogens is 1. The third-order valence-electron chi connectivity index (χ3n) is 4.94. The zero-order valence-corrected chi connectivity index (χ0v) is 17.6. The zero-order chi connectivity index (χ0) is 15.6. The van der Waals surface area contributed by atoms with Crippen molar-refractivity contribution in [1.82, 2.24) is 15.2 Å². The standard InChI is InChI=1S/C17H28N4S.HI/c1-4-18-16(21-9-8-17(12-21)6-5-7-17)19-10-14-11-22-15(20-14)13(2)3;/h11,13H,4-10,12H2,1-3H3,(H,18,19);1H. The van der Waals surface area contributed by atoms with Crippen LogP contribution in [0.1, 0.15) is 63.1 Å². The Balaban J connectivity index is 0.00000192. The third-order valence-corrected chi connectivity index (χ3v) is 6.14. The number of hydrogen-bond donors (Lipinski definition) is 1. The molecule has 2 aliphatic rings. The van der Waals surface area contributed by atoms with Gasteiger partial charge in [0.2, 0.25) is 0 Å². The molecule has 6 heteroatoms. The van der Waals surface area contributed by atoms with Crippen LogP contribution in [-0.2, 0) is 6.54 Å². The number of aliphatic imine (C=N–C) groups is 1. The van der Waals surface area contributed by atoms with E-state index in [1.54, 1.807) is 11.3 Å². The lowest BCUT2D eigenvalue weighted by Gasteiger charge is -2.38. The molecule has 1 aromatic heterocycles. The molecule has 1 spiro atoms. The van der Waals surface area contributed by atoms with E-state index in [4.69, 9.17) is 4.99 Å². The van der Waals surface area contributed by atoms with Crippen LogP contribution in [0.15, 0.2) is 10.4 Å². The minimum absolute atomic E-state index is 0. The van der Waals surface area contributed by atoms with Crippen LogP contribution in [-0.4, -0.2) is 35.5 Å². The van der Waals surface area contributed by atoms with Crippen LogP contribution in [0.25, 0.3) is 0 Å². The fraction of sp³-hybridized carbons (Fsp3) is 0.765. The Kier molecular flexibility index (Phi) is 6.71. The number of nitrogens with one attached hydrogen (secondary N) is 1. The molecule has 0 unspecified atom stereocenters. The van der Waals surface area contributed by atoms with Gasteiger partial charge < -0.3 is 10.2 Å². The topological polar surface area (TPSA) is 40.5 Å². The number of rotatable bonds is 4. The highest BCUT2D eigenvalue weighted by molar-refractivity contribution is 14.0. The first kappa shape index (κ1) is 19.0. The van der Waals surface area contributed by atoms with Crippen LogP contribution < -0.4 is 5.32 Å².